The number of carbonyl (C=O) groups is 3. The molecule has 1 saturated heterocycles. The molecule has 7 heteroatoms. The first-order valence-corrected chi connectivity index (χ1v) is 10.3. The minimum absolute atomic E-state index is 0.284. The third-order valence-electron chi connectivity index (χ3n) is 5.66. The van der Waals surface area contributed by atoms with E-state index in [1.165, 1.54) is 18.3 Å². The number of methoxy groups -OCH3 is 1. The van der Waals surface area contributed by atoms with Gasteiger partial charge >= 0.3 is 0 Å². The van der Waals surface area contributed by atoms with Crippen molar-refractivity contribution >= 4 is 23.2 Å². The first kappa shape index (κ1) is 21.5. The van der Waals surface area contributed by atoms with Crippen molar-refractivity contribution in [1.29, 1.82) is 0 Å². The van der Waals surface area contributed by atoms with Gasteiger partial charge in [0.05, 0.1) is 13.2 Å². The third-order valence-corrected chi connectivity index (χ3v) is 5.66. The van der Waals surface area contributed by atoms with Crippen molar-refractivity contribution in [3.05, 3.63) is 66.4 Å². The number of Topliss-reactive ketones (excluding diaryl/α,β-unsaturated/α-hetero) is 2. The van der Waals surface area contributed by atoms with E-state index in [0.717, 1.165) is 5.56 Å². The Bertz CT molecular complexity index is 1160. The van der Waals surface area contributed by atoms with E-state index in [-0.39, 0.29) is 5.78 Å². The first-order chi connectivity index (χ1) is 15.2. The van der Waals surface area contributed by atoms with E-state index in [0.29, 0.717) is 22.7 Å². The number of ether oxygens (including phenoxy) is 1. The van der Waals surface area contributed by atoms with Crippen molar-refractivity contribution < 1.29 is 23.6 Å². The second kappa shape index (κ2) is 8.07. The smallest absolute Gasteiger partial charge is 0.295 e. The molecule has 0 N–H and O–H groups in total. The SMILES string of the molecule is COc1ccccc1C1C(C(=O)C(C)(C)C)C(=O)C(=O)N1c1ccc(-c2ccon2)cc1. The molecule has 1 aliphatic heterocycles. The fourth-order valence-electron chi connectivity index (χ4n) is 4.06. The predicted octanol–water partition coefficient (Wildman–Crippen LogP) is 4.24. The van der Waals surface area contributed by atoms with Crippen LogP contribution in [0, 0.1) is 11.3 Å². The van der Waals surface area contributed by atoms with Gasteiger partial charge in [-0.2, -0.15) is 0 Å². The summed E-state index contributed by atoms with van der Waals surface area (Å²) in [5, 5.41) is 3.92. The molecule has 3 aromatic rings. The molecular formula is C25H24N2O5. The van der Waals surface area contributed by atoms with Gasteiger partial charge in [0.25, 0.3) is 5.91 Å². The van der Waals surface area contributed by atoms with Crippen molar-refractivity contribution in [2.75, 3.05) is 12.0 Å². The topological polar surface area (TPSA) is 89.7 Å². The third kappa shape index (κ3) is 3.60. The van der Waals surface area contributed by atoms with Gasteiger partial charge in [0.15, 0.2) is 5.78 Å². The Balaban J connectivity index is 1.85. The molecule has 0 spiro atoms. The molecule has 4 rings (SSSR count). The lowest BCUT2D eigenvalue weighted by Crippen LogP contribution is -2.36. The fourth-order valence-corrected chi connectivity index (χ4v) is 4.06. The molecule has 0 radical (unpaired) electrons. The number of anilines is 1. The maximum absolute atomic E-state index is 13.3. The van der Waals surface area contributed by atoms with Gasteiger partial charge in [0.1, 0.15) is 23.6 Å². The zero-order chi connectivity index (χ0) is 23.0. The Kier molecular flexibility index (Phi) is 5.42. The average molecular weight is 432 g/mol. The van der Waals surface area contributed by atoms with Crippen LogP contribution in [0.4, 0.5) is 5.69 Å². The highest BCUT2D eigenvalue weighted by Crippen LogP contribution is 2.45. The lowest BCUT2D eigenvalue weighted by molar-refractivity contribution is -0.141. The van der Waals surface area contributed by atoms with E-state index in [9.17, 15) is 14.4 Å². The second-order valence-electron chi connectivity index (χ2n) is 8.75. The summed E-state index contributed by atoms with van der Waals surface area (Å²) in [6.07, 6.45) is 1.48. The van der Waals surface area contributed by atoms with Crippen LogP contribution in [0.25, 0.3) is 11.3 Å². The van der Waals surface area contributed by atoms with Crippen LogP contribution in [0.15, 0.2) is 65.4 Å². The molecule has 32 heavy (non-hydrogen) atoms. The van der Waals surface area contributed by atoms with Crippen molar-refractivity contribution in [3.63, 3.8) is 0 Å². The molecular weight excluding hydrogens is 408 g/mol. The normalized spacial score (nSPS) is 18.8. The molecule has 2 heterocycles. The minimum Gasteiger partial charge on any atom is -0.496 e. The summed E-state index contributed by atoms with van der Waals surface area (Å²) in [7, 11) is 1.52. The van der Waals surface area contributed by atoms with E-state index in [1.807, 2.05) is 0 Å². The monoisotopic (exact) mass is 432 g/mol. The van der Waals surface area contributed by atoms with Crippen LogP contribution < -0.4 is 9.64 Å². The number of ketones is 2. The fraction of sp³-hybridized carbons (Fsp3) is 0.280. The number of hydrogen-bond donors (Lipinski definition) is 0. The molecule has 7 nitrogen and oxygen atoms in total. The number of aromatic nitrogens is 1. The molecule has 2 unspecified atom stereocenters. The Labute approximate surface area is 186 Å². The maximum Gasteiger partial charge on any atom is 0.295 e. The summed E-state index contributed by atoms with van der Waals surface area (Å²) in [5.41, 5.74) is 1.78. The van der Waals surface area contributed by atoms with E-state index in [1.54, 1.807) is 75.4 Å². The molecule has 1 fully saturated rings. The molecule has 0 bridgehead atoms. The number of benzene rings is 2. The zero-order valence-electron chi connectivity index (χ0n) is 18.4. The van der Waals surface area contributed by atoms with E-state index < -0.39 is 29.1 Å². The lowest BCUT2D eigenvalue weighted by Gasteiger charge is -2.30. The van der Waals surface area contributed by atoms with E-state index in [2.05, 4.69) is 5.16 Å². The van der Waals surface area contributed by atoms with Crippen LogP contribution in [0.5, 0.6) is 5.75 Å². The van der Waals surface area contributed by atoms with Gasteiger partial charge in [0.2, 0.25) is 5.78 Å². The van der Waals surface area contributed by atoms with Crippen LogP contribution >= 0.6 is 0 Å². The van der Waals surface area contributed by atoms with Crippen LogP contribution in [0.2, 0.25) is 0 Å². The number of carbonyl (C=O) groups excluding carboxylic acids is 3. The molecule has 2 aromatic carbocycles. The number of amides is 1. The maximum atomic E-state index is 13.3. The van der Waals surface area contributed by atoms with Gasteiger partial charge in [0, 0.05) is 28.3 Å². The summed E-state index contributed by atoms with van der Waals surface area (Å²) in [6.45, 7) is 5.26. The van der Waals surface area contributed by atoms with Gasteiger partial charge in [-0.25, -0.2) is 0 Å². The van der Waals surface area contributed by atoms with E-state index >= 15 is 0 Å². The quantitative estimate of drug-likeness (QED) is 0.443. The Hall–Kier alpha value is -3.74. The molecule has 2 atom stereocenters. The molecule has 1 aliphatic rings. The molecule has 164 valence electrons. The van der Waals surface area contributed by atoms with Gasteiger partial charge < -0.3 is 9.26 Å². The molecule has 1 aromatic heterocycles. The second-order valence-corrected chi connectivity index (χ2v) is 8.75. The summed E-state index contributed by atoms with van der Waals surface area (Å²) < 4.78 is 10.4. The van der Waals surface area contributed by atoms with Gasteiger partial charge in [-0.05, 0) is 18.2 Å². The Morgan fingerprint density at radius 1 is 1.03 bits per heavy atom. The van der Waals surface area contributed by atoms with Crippen molar-refractivity contribution in [2.24, 2.45) is 11.3 Å². The Morgan fingerprint density at radius 2 is 1.72 bits per heavy atom. The number of nitrogens with zero attached hydrogens (tertiary/aromatic N) is 2. The van der Waals surface area contributed by atoms with Crippen molar-refractivity contribution in [3.8, 4) is 17.0 Å². The van der Waals surface area contributed by atoms with Crippen molar-refractivity contribution in [2.45, 2.75) is 26.8 Å². The van der Waals surface area contributed by atoms with Crippen LogP contribution in [-0.2, 0) is 14.4 Å². The predicted molar refractivity (Wildman–Crippen MR) is 118 cm³/mol. The largest absolute Gasteiger partial charge is 0.496 e. The van der Waals surface area contributed by atoms with Crippen LogP contribution in [0.1, 0.15) is 32.4 Å². The van der Waals surface area contributed by atoms with Gasteiger partial charge in [-0.1, -0.05) is 56.3 Å². The number of hydrogen-bond acceptors (Lipinski definition) is 6. The van der Waals surface area contributed by atoms with Crippen molar-refractivity contribution in [1.82, 2.24) is 5.16 Å². The molecule has 1 amide bonds. The highest BCUT2D eigenvalue weighted by molar-refractivity contribution is 6.48. The number of rotatable bonds is 5. The first-order valence-electron chi connectivity index (χ1n) is 10.3. The average Bonchev–Trinajstić information content (AvgIpc) is 3.40. The standard InChI is InChI=1S/C25H24N2O5/c1-25(2,3)23(29)20-21(17-7-5-6-8-19(17)31-4)27(24(30)22(20)28)16-11-9-15(10-12-16)18-13-14-32-26-18/h5-14,20-21H,1-4H3. The summed E-state index contributed by atoms with van der Waals surface area (Å²) in [6, 6.07) is 15.1. The summed E-state index contributed by atoms with van der Waals surface area (Å²) >= 11 is 0. The van der Waals surface area contributed by atoms with E-state index in [4.69, 9.17) is 9.26 Å². The highest BCUT2D eigenvalue weighted by Gasteiger charge is 2.54. The Morgan fingerprint density at radius 3 is 2.31 bits per heavy atom. The van der Waals surface area contributed by atoms with Gasteiger partial charge in [-0.3, -0.25) is 19.3 Å². The lowest BCUT2D eigenvalue weighted by atomic mass is 9.77. The summed E-state index contributed by atoms with van der Waals surface area (Å²) in [5.74, 6) is -2.32. The minimum atomic E-state index is -1.13. The van der Waals surface area contributed by atoms with Crippen LogP contribution in [0.3, 0.4) is 0 Å². The molecule has 0 saturated carbocycles. The zero-order valence-corrected chi connectivity index (χ0v) is 18.4. The number of para-hydroxylation sites is 1. The summed E-state index contributed by atoms with van der Waals surface area (Å²) in [4.78, 5) is 41.1. The van der Waals surface area contributed by atoms with Crippen LogP contribution in [-0.4, -0.2) is 29.7 Å². The van der Waals surface area contributed by atoms with Gasteiger partial charge in [-0.15, -0.1) is 0 Å². The molecule has 0 aliphatic carbocycles. The highest BCUT2D eigenvalue weighted by atomic mass is 16.5.